The highest BCUT2D eigenvalue weighted by molar-refractivity contribution is 7.98. The summed E-state index contributed by atoms with van der Waals surface area (Å²) in [6.45, 7) is 1.92. The van der Waals surface area contributed by atoms with Gasteiger partial charge in [-0.15, -0.1) is 0 Å². The average molecular weight is 295 g/mol. The van der Waals surface area contributed by atoms with E-state index < -0.39 is 12.0 Å². The zero-order valence-corrected chi connectivity index (χ0v) is 12.7. The van der Waals surface area contributed by atoms with Gasteiger partial charge in [0.2, 0.25) is 5.91 Å². The molecule has 1 N–H and O–H groups in total. The molecule has 0 fully saturated rings. The Morgan fingerprint density at radius 1 is 1.30 bits per heavy atom. The van der Waals surface area contributed by atoms with Crippen molar-refractivity contribution >= 4 is 29.3 Å². The van der Waals surface area contributed by atoms with Crippen LogP contribution in [0.1, 0.15) is 26.2 Å². The SMILES string of the molecule is CCCC(=O)N(c1ccccc1)[C@@H](CCSC)C(=O)O. The molecule has 4 nitrogen and oxygen atoms in total. The first-order valence-corrected chi connectivity index (χ1v) is 8.10. The molecule has 0 radical (unpaired) electrons. The number of aliphatic carboxylic acids is 1. The van der Waals surface area contributed by atoms with Crippen molar-refractivity contribution in [1.82, 2.24) is 0 Å². The van der Waals surface area contributed by atoms with Gasteiger partial charge in [0.05, 0.1) is 0 Å². The number of carbonyl (C=O) groups is 2. The molecule has 1 aromatic rings. The van der Waals surface area contributed by atoms with Crippen LogP contribution >= 0.6 is 11.8 Å². The molecular weight excluding hydrogens is 274 g/mol. The van der Waals surface area contributed by atoms with Crippen LogP contribution in [0.2, 0.25) is 0 Å². The molecule has 0 aliphatic heterocycles. The number of hydrogen-bond donors (Lipinski definition) is 1. The molecule has 0 aliphatic carbocycles. The minimum atomic E-state index is -0.952. The van der Waals surface area contributed by atoms with Crippen LogP contribution in [0.5, 0.6) is 0 Å². The number of amides is 1. The van der Waals surface area contributed by atoms with Crippen molar-refractivity contribution in [3.05, 3.63) is 30.3 Å². The molecule has 0 saturated carbocycles. The van der Waals surface area contributed by atoms with Crippen LogP contribution in [0.15, 0.2) is 30.3 Å². The highest BCUT2D eigenvalue weighted by Crippen LogP contribution is 2.21. The minimum absolute atomic E-state index is 0.132. The number of benzene rings is 1. The van der Waals surface area contributed by atoms with Crippen LogP contribution in [0.3, 0.4) is 0 Å². The Bertz CT molecular complexity index is 436. The molecule has 110 valence electrons. The van der Waals surface area contributed by atoms with Gasteiger partial charge in [-0.3, -0.25) is 9.69 Å². The van der Waals surface area contributed by atoms with Crippen molar-refractivity contribution in [3.63, 3.8) is 0 Å². The molecule has 0 bridgehead atoms. The largest absolute Gasteiger partial charge is 0.480 e. The van der Waals surface area contributed by atoms with Crippen molar-refractivity contribution in [1.29, 1.82) is 0 Å². The van der Waals surface area contributed by atoms with Crippen LogP contribution in [0.25, 0.3) is 0 Å². The first-order chi connectivity index (χ1) is 9.61. The summed E-state index contributed by atoms with van der Waals surface area (Å²) in [6.07, 6.45) is 3.44. The molecule has 1 aromatic carbocycles. The summed E-state index contributed by atoms with van der Waals surface area (Å²) in [4.78, 5) is 25.3. The number of nitrogens with zero attached hydrogens (tertiary/aromatic N) is 1. The van der Waals surface area contributed by atoms with Gasteiger partial charge in [0.15, 0.2) is 0 Å². The zero-order chi connectivity index (χ0) is 15.0. The second kappa shape index (κ2) is 8.64. The van der Waals surface area contributed by atoms with Crippen molar-refractivity contribution in [3.8, 4) is 0 Å². The molecule has 1 atom stereocenters. The number of carboxylic acids is 1. The Morgan fingerprint density at radius 2 is 1.95 bits per heavy atom. The van der Waals surface area contributed by atoms with E-state index in [-0.39, 0.29) is 5.91 Å². The summed E-state index contributed by atoms with van der Waals surface area (Å²) in [5.41, 5.74) is 0.652. The second-order valence-electron chi connectivity index (χ2n) is 4.48. The highest BCUT2D eigenvalue weighted by atomic mass is 32.2. The van der Waals surface area contributed by atoms with E-state index >= 15 is 0 Å². The standard InChI is InChI=1S/C15H21NO3S/c1-3-7-14(17)16(12-8-5-4-6-9-12)13(15(18)19)10-11-20-2/h4-6,8-9,13H,3,7,10-11H2,1-2H3,(H,18,19)/t13-/m0/s1. The predicted molar refractivity (Wildman–Crippen MR) is 83.3 cm³/mol. The van der Waals surface area contributed by atoms with Gasteiger partial charge in [-0.1, -0.05) is 25.1 Å². The molecule has 0 aromatic heterocycles. The Labute approximate surface area is 124 Å². The fraction of sp³-hybridized carbons (Fsp3) is 0.467. The van der Waals surface area contributed by atoms with Crippen LogP contribution in [-0.2, 0) is 9.59 Å². The number of carbonyl (C=O) groups excluding carboxylic acids is 1. The Balaban J connectivity index is 3.07. The first kappa shape index (κ1) is 16.6. The van der Waals surface area contributed by atoms with Gasteiger partial charge < -0.3 is 5.11 Å². The lowest BCUT2D eigenvalue weighted by molar-refractivity contribution is -0.140. The number of carboxylic acid groups (broad SMARTS) is 1. The van der Waals surface area contributed by atoms with E-state index in [2.05, 4.69) is 0 Å². The molecule has 0 aliphatic rings. The third-order valence-electron chi connectivity index (χ3n) is 2.96. The molecule has 0 saturated heterocycles. The lowest BCUT2D eigenvalue weighted by Crippen LogP contribution is -2.45. The smallest absolute Gasteiger partial charge is 0.326 e. The number of thioether (sulfide) groups is 1. The van der Waals surface area contributed by atoms with Gasteiger partial charge in [-0.2, -0.15) is 11.8 Å². The topological polar surface area (TPSA) is 57.6 Å². The quantitative estimate of drug-likeness (QED) is 0.801. The van der Waals surface area contributed by atoms with Gasteiger partial charge in [0.1, 0.15) is 6.04 Å². The number of rotatable bonds is 8. The maximum atomic E-state index is 12.3. The number of anilines is 1. The van der Waals surface area contributed by atoms with Crippen LogP contribution in [0, 0.1) is 0 Å². The fourth-order valence-electron chi connectivity index (χ4n) is 2.01. The van der Waals surface area contributed by atoms with Crippen molar-refractivity contribution in [2.24, 2.45) is 0 Å². The molecular formula is C15H21NO3S. The van der Waals surface area contributed by atoms with E-state index in [1.807, 2.05) is 31.4 Å². The molecule has 1 amide bonds. The average Bonchev–Trinajstić information content (AvgIpc) is 2.44. The highest BCUT2D eigenvalue weighted by Gasteiger charge is 2.29. The van der Waals surface area contributed by atoms with E-state index in [0.29, 0.717) is 30.7 Å². The summed E-state index contributed by atoms with van der Waals surface area (Å²) in [7, 11) is 0. The van der Waals surface area contributed by atoms with Crippen LogP contribution in [-0.4, -0.2) is 35.0 Å². The number of para-hydroxylation sites is 1. The molecule has 0 heterocycles. The van der Waals surface area contributed by atoms with Crippen LogP contribution < -0.4 is 4.90 Å². The van der Waals surface area contributed by atoms with Crippen LogP contribution in [0.4, 0.5) is 5.69 Å². The minimum Gasteiger partial charge on any atom is -0.480 e. The summed E-state index contributed by atoms with van der Waals surface area (Å²) in [5, 5.41) is 9.45. The normalized spacial score (nSPS) is 11.9. The lowest BCUT2D eigenvalue weighted by atomic mass is 10.1. The molecule has 0 unspecified atom stereocenters. The monoisotopic (exact) mass is 295 g/mol. The third-order valence-corrected chi connectivity index (χ3v) is 3.60. The molecule has 20 heavy (non-hydrogen) atoms. The van der Waals surface area contributed by atoms with Gasteiger partial charge in [-0.05, 0) is 37.0 Å². The van der Waals surface area contributed by atoms with E-state index in [0.717, 1.165) is 0 Å². The maximum absolute atomic E-state index is 12.3. The Hall–Kier alpha value is -1.49. The van der Waals surface area contributed by atoms with E-state index in [1.54, 1.807) is 23.9 Å². The van der Waals surface area contributed by atoms with Crippen molar-refractivity contribution in [2.45, 2.75) is 32.2 Å². The van der Waals surface area contributed by atoms with Crippen molar-refractivity contribution in [2.75, 3.05) is 16.9 Å². The van der Waals surface area contributed by atoms with E-state index in [4.69, 9.17) is 0 Å². The fourth-order valence-corrected chi connectivity index (χ4v) is 2.47. The van der Waals surface area contributed by atoms with E-state index in [9.17, 15) is 14.7 Å². The Morgan fingerprint density at radius 3 is 2.45 bits per heavy atom. The second-order valence-corrected chi connectivity index (χ2v) is 5.47. The first-order valence-electron chi connectivity index (χ1n) is 6.70. The zero-order valence-electron chi connectivity index (χ0n) is 11.9. The van der Waals surface area contributed by atoms with Gasteiger partial charge >= 0.3 is 5.97 Å². The lowest BCUT2D eigenvalue weighted by Gasteiger charge is -2.29. The molecule has 0 spiro atoms. The Kier molecular flexibility index (Phi) is 7.15. The predicted octanol–water partition coefficient (Wildman–Crippen LogP) is 3.03. The van der Waals surface area contributed by atoms with Gasteiger partial charge in [0, 0.05) is 12.1 Å². The summed E-state index contributed by atoms with van der Waals surface area (Å²) >= 11 is 1.58. The third kappa shape index (κ3) is 4.56. The number of hydrogen-bond acceptors (Lipinski definition) is 3. The molecule has 5 heteroatoms. The van der Waals surface area contributed by atoms with Crippen molar-refractivity contribution < 1.29 is 14.7 Å². The van der Waals surface area contributed by atoms with Gasteiger partial charge in [-0.25, -0.2) is 4.79 Å². The van der Waals surface area contributed by atoms with E-state index in [1.165, 1.54) is 4.90 Å². The summed E-state index contributed by atoms with van der Waals surface area (Å²) < 4.78 is 0. The summed E-state index contributed by atoms with van der Waals surface area (Å²) in [5.74, 6) is -0.376. The van der Waals surface area contributed by atoms with Gasteiger partial charge in [0.25, 0.3) is 0 Å². The maximum Gasteiger partial charge on any atom is 0.326 e. The molecule has 1 rings (SSSR count). The summed E-state index contributed by atoms with van der Waals surface area (Å²) in [6, 6.07) is 8.24.